The molecule has 2 fully saturated rings. The molecule has 1 aliphatic heterocycles. The second-order valence-corrected chi connectivity index (χ2v) is 9.64. The molecular formula is C23H27F3N4O3. The quantitative estimate of drug-likeness (QED) is 0.470. The third-order valence-electron chi connectivity index (χ3n) is 7.78. The van der Waals surface area contributed by atoms with Gasteiger partial charge in [0.15, 0.2) is 0 Å². The molecule has 3 amide bonds. The number of nitrogens with one attached hydrogen (secondary N) is 2. The predicted octanol–water partition coefficient (Wildman–Crippen LogP) is 3.11. The summed E-state index contributed by atoms with van der Waals surface area (Å²) in [6.45, 7) is 2.32. The molecule has 0 aromatic heterocycles. The highest BCUT2D eigenvalue weighted by atomic mass is 19.4. The molecule has 4 unspecified atom stereocenters. The highest BCUT2D eigenvalue weighted by molar-refractivity contribution is 6.09. The average Bonchev–Trinajstić information content (AvgIpc) is 3.07. The van der Waals surface area contributed by atoms with Crippen molar-refractivity contribution in [1.29, 1.82) is 5.41 Å². The Morgan fingerprint density at radius 3 is 2.58 bits per heavy atom. The van der Waals surface area contributed by atoms with E-state index in [4.69, 9.17) is 11.1 Å². The lowest BCUT2D eigenvalue weighted by atomic mass is 9.54. The van der Waals surface area contributed by atoms with Crippen LogP contribution >= 0.6 is 0 Å². The first-order valence-electron chi connectivity index (χ1n) is 11.1. The summed E-state index contributed by atoms with van der Waals surface area (Å²) in [7, 11) is 0. The third kappa shape index (κ3) is 4.11. The molecule has 4 rings (SSSR count). The van der Waals surface area contributed by atoms with Crippen LogP contribution in [-0.4, -0.2) is 40.7 Å². The molecule has 4 N–H and O–H groups in total. The van der Waals surface area contributed by atoms with Gasteiger partial charge in [0, 0.05) is 29.1 Å². The lowest BCUT2D eigenvalue weighted by Gasteiger charge is -2.51. The zero-order chi connectivity index (χ0) is 24.1. The SMILES string of the molecule is CC1(C(N)=O)CCC1C1CCCC(N2Cc3ccc(C(=N)NC(=O)C(F)(F)F)cc3C2=O)C1. The molecule has 178 valence electrons. The fourth-order valence-electron chi connectivity index (χ4n) is 5.69. The Balaban J connectivity index is 1.46. The fraction of sp³-hybridized carbons (Fsp3) is 0.565. The van der Waals surface area contributed by atoms with Crippen LogP contribution in [0, 0.1) is 22.7 Å². The Kier molecular flexibility index (Phi) is 5.74. The van der Waals surface area contributed by atoms with Gasteiger partial charge in [0.2, 0.25) is 5.91 Å². The Labute approximate surface area is 189 Å². The van der Waals surface area contributed by atoms with Gasteiger partial charge < -0.3 is 16.0 Å². The maximum atomic E-state index is 13.2. The highest BCUT2D eigenvalue weighted by Gasteiger charge is 2.52. The first-order valence-corrected chi connectivity index (χ1v) is 11.1. The number of alkyl halides is 3. The van der Waals surface area contributed by atoms with E-state index in [1.807, 2.05) is 6.92 Å². The third-order valence-corrected chi connectivity index (χ3v) is 7.78. The minimum absolute atomic E-state index is 0.00853. The van der Waals surface area contributed by atoms with Crippen molar-refractivity contribution in [3.05, 3.63) is 34.9 Å². The smallest absolute Gasteiger partial charge is 0.369 e. The molecule has 4 atom stereocenters. The lowest BCUT2D eigenvalue weighted by molar-refractivity contribution is -0.171. The Morgan fingerprint density at radius 1 is 1.24 bits per heavy atom. The van der Waals surface area contributed by atoms with Gasteiger partial charge in [-0.3, -0.25) is 19.8 Å². The van der Waals surface area contributed by atoms with Crippen LogP contribution in [0.3, 0.4) is 0 Å². The molecule has 0 spiro atoms. The second kappa shape index (κ2) is 8.14. The van der Waals surface area contributed by atoms with E-state index in [1.165, 1.54) is 17.4 Å². The van der Waals surface area contributed by atoms with Crippen LogP contribution in [0.15, 0.2) is 18.2 Å². The molecule has 0 saturated heterocycles. The molecule has 0 bridgehead atoms. The van der Waals surface area contributed by atoms with Crippen molar-refractivity contribution in [3.63, 3.8) is 0 Å². The first-order chi connectivity index (χ1) is 15.4. The van der Waals surface area contributed by atoms with E-state index in [1.54, 1.807) is 11.0 Å². The largest absolute Gasteiger partial charge is 0.471 e. The molecule has 1 heterocycles. The van der Waals surface area contributed by atoms with E-state index in [-0.39, 0.29) is 29.3 Å². The molecule has 1 aromatic rings. The van der Waals surface area contributed by atoms with Crippen molar-refractivity contribution in [2.75, 3.05) is 0 Å². The van der Waals surface area contributed by atoms with Crippen molar-refractivity contribution >= 4 is 23.6 Å². The van der Waals surface area contributed by atoms with Gasteiger partial charge in [-0.2, -0.15) is 13.2 Å². The van der Waals surface area contributed by atoms with Crippen LogP contribution in [-0.2, 0) is 16.1 Å². The summed E-state index contributed by atoms with van der Waals surface area (Å²) in [6.07, 6.45) is 0.234. The molecule has 0 radical (unpaired) electrons. The predicted molar refractivity (Wildman–Crippen MR) is 113 cm³/mol. The van der Waals surface area contributed by atoms with Crippen molar-refractivity contribution in [2.45, 2.75) is 64.2 Å². The van der Waals surface area contributed by atoms with Gasteiger partial charge in [0.25, 0.3) is 5.91 Å². The number of primary amides is 1. The van der Waals surface area contributed by atoms with E-state index in [0.717, 1.165) is 44.1 Å². The van der Waals surface area contributed by atoms with Gasteiger partial charge in [-0.15, -0.1) is 0 Å². The zero-order valence-corrected chi connectivity index (χ0v) is 18.3. The Morgan fingerprint density at radius 2 is 1.97 bits per heavy atom. The van der Waals surface area contributed by atoms with Crippen molar-refractivity contribution in [1.82, 2.24) is 10.2 Å². The molecule has 1 aromatic carbocycles. The maximum absolute atomic E-state index is 13.2. The minimum atomic E-state index is -5.10. The van der Waals surface area contributed by atoms with E-state index in [0.29, 0.717) is 18.0 Å². The molecular weight excluding hydrogens is 437 g/mol. The van der Waals surface area contributed by atoms with Gasteiger partial charge in [-0.1, -0.05) is 25.5 Å². The number of carbonyl (C=O) groups is 3. The van der Waals surface area contributed by atoms with E-state index < -0.39 is 23.3 Å². The summed E-state index contributed by atoms with van der Waals surface area (Å²) in [5.74, 6) is -2.89. The number of rotatable bonds is 4. The number of benzene rings is 1. The number of amidine groups is 1. The maximum Gasteiger partial charge on any atom is 0.471 e. The monoisotopic (exact) mass is 464 g/mol. The topological polar surface area (TPSA) is 116 Å². The molecule has 7 nitrogen and oxygen atoms in total. The van der Waals surface area contributed by atoms with Gasteiger partial charge in [-0.25, -0.2) is 0 Å². The summed E-state index contributed by atoms with van der Waals surface area (Å²) in [5.41, 5.74) is 6.28. The van der Waals surface area contributed by atoms with Crippen LogP contribution in [0.5, 0.6) is 0 Å². The normalized spacial score (nSPS) is 29.3. The van der Waals surface area contributed by atoms with E-state index in [9.17, 15) is 27.6 Å². The van der Waals surface area contributed by atoms with E-state index in [2.05, 4.69) is 0 Å². The summed E-state index contributed by atoms with van der Waals surface area (Å²) < 4.78 is 37.4. The zero-order valence-electron chi connectivity index (χ0n) is 18.3. The molecule has 10 heteroatoms. The van der Waals surface area contributed by atoms with Crippen molar-refractivity contribution in [2.24, 2.45) is 23.0 Å². The summed E-state index contributed by atoms with van der Waals surface area (Å²) in [4.78, 5) is 38.0. The number of nitrogens with two attached hydrogens (primary N) is 1. The van der Waals surface area contributed by atoms with Crippen LogP contribution in [0.1, 0.15) is 66.9 Å². The number of nitrogens with zero attached hydrogens (tertiary/aromatic N) is 1. The van der Waals surface area contributed by atoms with E-state index >= 15 is 0 Å². The van der Waals surface area contributed by atoms with Crippen LogP contribution < -0.4 is 11.1 Å². The fourth-order valence-corrected chi connectivity index (χ4v) is 5.69. The number of hydrogen-bond acceptors (Lipinski definition) is 4. The number of halogens is 3. The average molecular weight is 464 g/mol. The second-order valence-electron chi connectivity index (χ2n) is 9.64. The number of hydrogen-bond donors (Lipinski definition) is 3. The number of amides is 3. The van der Waals surface area contributed by atoms with Gasteiger partial charge in [-0.05, 0) is 55.6 Å². The van der Waals surface area contributed by atoms with Crippen LogP contribution in [0.25, 0.3) is 0 Å². The number of carbonyl (C=O) groups excluding carboxylic acids is 3. The van der Waals surface area contributed by atoms with Gasteiger partial charge >= 0.3 is 12.1 Å². The Hall–Kier alpha value is -2.91. The first kappa shape index (κ1) is 23.3. The molecule has 33 heavy (non-hydrogen) atoms. The highest BCUT2D eigenvalue weighted by Crippen LogP contribution is 2.54. The minimum Gasteiger partial charge on any atom is -0.369 e. The summed E-state index contributed by atoms with van der Waals surface area (Å²) in [6, 6.07) is 4.43. The standard InChI is InChI=1S/C23H27F3N4O3/c1-22(20(28)32)8-7-17(22)12-3-2-4-15(9-12)30-11-14-6-5-13(10-16(14)19(30)31)18(27)29-21(33)23(24,25)26/h5-6,10,12,15,17H,2-4,7-9,11H2,1H3,(H2,28,32)(H2,27,29,33). The van der Waals surface area contributed by atoms with Gasteiger partial charge in [0.05, 0.1) is 0 Å². The molecule has 3 aliphatic rings. The lowest BCUT2D eigenvalue weighted by Crippen LogP contribution is -2.52. The molecule has 2 aliphatic carbocycles. The van der Waals surface area contributed by atoms with Crippen molar-refractivity contribution < 1.29 is 27.6 Å². The number of fused-ring (bicyclic) bond motifs is 1. The van der Waals surface area contributed by atoms with Crippen molar-refractivity contribution in [3.8, 4) is 0 Å². The Bertz CT molecular complexity index is 1020. The molecule has 2 saturated carbocycles. The van der Waals surface area contributed by atoms with Crippen LogP contribution in [0.4, 0.5) is 13.2 Å². The van der Waals surface area contributed by atoms with Gasteiger partial charge in [0.1, 0.15) is 5.84 Å². The summed E-state index contributed by atoms with van der Waals surface area (Å²) >= 11 is 0. The van der Waals surface area contributed by atoms with Crippen LogP contribution in [0.2, 0.25) is 0 Å². The summed E-state index contributed by atoms with van der Waals surface area (Å²) in [5, 5.41) is 9.31.